The Hall–Kier alpha value is -0.870. The highest BCUT2D eigenvalue weighted by molar-refractivity contribution is 6.31. The molecular formula is C6H7ClN2O2. The highest BCUT2D eigenvalue weighted by atomic mass is 35.5. The van der Waals surface area contributed by atoms with Crippen LogP contribution in [0.15, 0.2) is 23.3 Å². The van der Waals surface area contributed by atoms with Crippen molar-refractivity contribution in [2.24, 2.45) is 5.73 Å². The van der Waals surface area contributed by atoms with Crippen LogP contribution in [-0.4, -0.2) is 10.6 Å². The molecule has 0 heterocycles. The number of hydrogen-bond acceptors (Lipinski definition) is 3. The monoisotopic (exact) mass is 174 g/mol. The van der Waals surface area contributed by atoms with Gasteiger partial charge in [-0.2, -0.15) is 0 Å². The summed E-state index contributed by atoms with van der Waals surface area (Å²) in [7, 11) is 0. The molecule has 4 nitrogen and oxygen atoms in total. The fraction of sp³-hybridized carbons (Fsp3) is 0.333. The van der Waals surface area contributed by atoms with Crippen molar-refractivity contribution in [2.45, 2.75) is 12.1 Å². The van der Waals surface area contributed by atoms with Gasteiger partial charge in [-0.25, -0.2) is 0 Å². The van der Waals surface area contributed by atoms with Gasteiger partial charge >= 0.3 is 0 Å². The van der Waals surface area contributed by atoms with Crippen molar-refractivity contribution in [3.8, 4) is 0 Å². The predicted molar refractivity (Wildman–Crippen MR) is 41.6 cm³/mol. The summed E-state index contributed by atoms with van der Waals surface area (Å²) < 4.78 is 0. The van der Waals surface area contributed by atoms with Crippen LogP contribution in [0.25, 0.3) is 0 Å². The fourth-order valence-corrected chi connectivity index (χ4v) is 1.11. The molecule has 0 aliphatic heterocycles. The Morgan fingerprint density at radius 2 is 2.45 bits per heavy atom. The smallest absolute Gasteiger partial charge is 0.262 e. The lowest BCUT2D eigenvalue weighted by Gasteiger charge is -2.17. The van der Waals surface area contributed by atoms with E-state index >= 15 is 0 Å². The average Bonchev–Trinajstić information content (AvgIpc) is 1.86. The van der Waals surface area contributed by atoms with Gasteiger partial charge in [0, 0.05) is 16.0 Å². The van der Waals surface area contributed by atoms with Gasteiger partial charge in [0.2, 0.25) is 0 Å². The van der Waals surface area contributed by atoms with E-state index in [1.807, 2.05) is 0 Å². The number of nitrogens with two attached hydrogens (primary N) is 1. The molecule has 0 aromatic rings. The Kier molecular flexibility index (Phi) is 1.97. The van der Waals surface area contributed by atoms with Crippen molar-refractivity contribution in [3.05, 3.63) is 33.4 Å². The number of hydrogen-bond donors (Lipinski definition) is 1. The zero-order chi connectivity index (χ0) is 8.48. The Bertz CT molecular complexity index is 249. The molecule has 60 valence electrons. The third-order valence-electron chi connectivity index (χ3n) is 1.45. The molecule has 1 rings (SSSR count). The van der Waals surface area contributed by atoms with Crippen LogP contribution in [0, 0.1) is 10.1 Å². The van der Waals surface area contributed by atoms with Gasteiger partial charge in [0.05, 0.1) is 6.42 Å². The zero-order valence-electron chi connectivity index (χ0n) is 5.66. The first-order valence-electron chi connectivity index (χ1n) is 3.03. The summed E-state index contributed by atoms with van der Waals surface area (Å²) in [5, 5.41) is 10.7. The van der Waals surface area contributed by atoms with E-state index in [1.54, 1.807) is 12.2 Å². The molecular weight excluding hydrogens is 168 g/mol. The Morgan fingerprint density at radius 1 is 1.82 bits per heavy atom. The van der Waals surface area contributed by atoms with Crippen molar-refractivity contribution < 1.29 is 4.92 Å². The van der Waals surface area contributed by atoms with Crippen LogP contribution in [-0.2, 0) is 0 Å². The Labute approximate surface area is 68.5 Å². The quantitative estimate of drug-likeness (QED) is 0.366. The molecule has 0 radical (unpaired) electrons. The second-order valence-electron chi connectivity index (χ2n) is 2.38. The second kappa shape index (κ2) is 2.64. The standard InChI is InChI=1S/C6H7ClN2O2/c7-5-2-1-3-6(8,4-5)9(10)11/h1-2,4H,3,8H2. The molecule has 0 amide bonds. The average molecular weight is 175 g/mol. The molecule has 0 aromatic heterocycles. The highest BCUT2D eigenvalue weighted by Gasteiger charge is 2.35. The van der Waals surface area contributed by atoms with Gasteiger partial charge in [-0.15, -0.1) is 0 Å². The van der Waals surface area contributed by atoms with Crippen LogP contribution in [0.4, 0.5) is 0 Å². The van der Waals surface area contributed by atoms with E-state index in [0.717, 1.165) is 0 Å². The minimum Gasteiger partial charge on any atom is -0.262 e. The van der Waals surface area contributed by atoms with Crippen LogP contribution in [0.2, 0.25) is 0 Å². The van der Waals surface area contributed by atoms with Gasteiger partial charge in [-0.1, -0.05) is 17.7 Å². The Morgan fingerprint density at radius 3 is 2.82 bits per heavy atom. The van der Waals surface area contributed by atoms with Crippen molar-refractivity contribution in [3.63, 3.8) is 0 Å². The van der Waals surface area contributed by atoms with E-state index in [1.165, 1.54) is 6.08 Å². The first kappa shape index (κ1) is 8.23. The van der Waals surface area contributed by atoms with Crippen molar-refractivity contribution >= 4 is 11.6 Å². The van der Waals surface area contributed by atoms with Crippen LogP contribution >= 0.6 is 11.6 Å². The third kappa shape index (κ3) is 1.58. The van der Waals surface area contributed by atoms with Crippen molar-refractivity contribution in [1.82, 2.24) is 0 Å². The molecule has 1 unspecified atom stereocenters. The van der Waals surface area contributed by atoms with Crippen molar-refractivity contribution in [2.75, 3.05) is 0 Å². The molecule has 1 aliphatic rings. The summed E-state index contributed by atoms with van der Waals surface area (Å²) in [5.41, 5.74) is 3.87. The predicted octanol–water partition coefficient (Wildman–Crippen LogP) is 1.00. The van der Waals surface area contributed by atoms with E-state index in [-0.39, 0.29) is 6.42 Å². The van der Waals surface area contributed by atoms with Crippen LogP contribution < -0.4 is 5.73 Å². The normalized spacial score (nSPS) is 29.8. The zero-order valence-corrected chi connectivity index (χ0v) is 6.41. The maximum absolute atomic E-state index is 10.4. The first-order valence-corrected chi connectivity index (χ1v) is 3.41. The molecule has 1 atom stereocenters. The number of nitrogens with zero attached hydrogens (tertiary/aromatic N) is 1. The molecule has 0 saturated heterocycles. The summed E-state index contributed by atoms with van der Waals surface area (Å²) >= 11 is 5.53. The molecule has 5 heteroatoms. The summed E-state index contributed by atoms with van der Waals surface area (Å²) in [6.07, 6.45) is 4.62. The number of rotatable bonds is 1. The second-order valence-corrected chi connectivity index (χ2v) is 2.82. The third-order valence-corrected chi connectivity index (χ3v) is 1.68. The Balaban J connectivity index is 2.92. The first-order chi connectivity index (χ1) is 5.04. The molecule has 0 bridgehead atoms. The van der Waals surface area contributed by atoms with Gasteiger partial charge in [-0.05, 0) is 6.08 Å². The van der Waals surface area contributed by atoms with Gasteiger partial charge in [0.1, 0.15) is 0 Å². The van der Waals surface area contributed by atoms with Gasteiger partial charge < -0.3 is 0 Å². The van der Waals surface area contributed by atoms with Gasteiger partial charge in [-0.3, -0.25) is 15.8 Å². The summed E-state index contributed by atoms with van der Waals surface area (Å²) in [6, 6.07) is 0. The lowest BCUT2D eigenvalue weighted by atomic mass is 10.0. The molecule has 11 heavy (non-hydrogen) atoms. The van der Waals surface area contributed by atoms with Crippen LogP contribution in [0.3, 0.4) is 0 Å². The van der Waals surface area contributed by atoms with Gasteiger partial charge in [0.15, 0.2) is 0 Å². The van der Waals surface area contributed by atoms with Crippen molar-refractivity contribution in [1.29, 1.82) is 0 Å². The highest BCUT2D eigenvalue weighted by Crippen LogP contribution is 2.21. The molecule has 2 N–H and O–H groups in total. The molecule has 0 aromatic carbocycles. The number of allylic oxidation sites excluding steroid dienone is 2. The topological polar surface area (TPSA) is 69.2 Å². The number of halogens is 1. The van der Waals surface area contributed by atoms with Gasteiger partial charge in [0.25, 0.3) is 5.66 Å². The largest absolute Gasteiger partial charge is 0.296 e. The van der Waals surface area contributed by atoms with Crippen LogP contribution in [0.1, 0.15) is 6.42 Å². The van der Waals surface area contributed by atoms with Crippen LogP contribution in [0.5, 0.6) is 0 Å². The van der Waals surface area contributed by atoms with E-state index in [9.17, 15) is 10.1 Å². The molecule has 0 saturated carbocycles. The number of nitro groups is 1. The van der Waals surface area contributed by atoms with E-state index in [4.69, 9.17) is 17.3 Å². The summed E-state index contributed by atoms with van der Waals surface area (Å²) in [5.74, 6) is 0. The minimum absolute atomic E-state index is 0.191. The molecule has 0 fully saturated rings. The lowest BCUT2D eigenvalue weighted by Crippen LogP contribution is -2.46. The fourth-order valence-electron chi connectivity index (χ4n) is 0.833. The summed E-state index contributed by atoms with van der Waals surface area (Å²) in [6.45, 7) is 0. The maximum atomic E-state index is 10.4. The summed E-state index contributed by atoms with van der Waals surface area (Å²) in [4.78, 5) is 9.82. The van der Waals surface area contributed by atoms with E-state index in [0.29, 0.717) is 5.03 Å². The van der Waals surface area contributed by atoms with E-state index in [2.05, 4.69) is 0 Å². The SMILES string of the molecule is NC1([N+](=O)[O-])C=C(Cl)C=CC1. The molecule has 0 spiro atoms. The molecule has 1 aliphatic carbocycles. The maximum Gasteiger partial charge on any atom is 0.296 e. The lowest BCUT2D eigenvalue weighted by molar-refractivity contribution is -0.553. The minimum atomic E-state index is -1.51. The van der Waals surface area contributed by atoms with E-state index < -0.39 is 10.6 Å².